The molecule has 4 nitrogen and oxygen atoms in total. The first-order valence-corrected chi connectivity index (χ1v) is 4.36. The second-order valence-corrected chi connectivity index (χ2v) is 3.01. The molecule has 1 heterocycles. The normalized spacial score (nSPS) is 15.7. The summed E-state index contributed by atoms with van der Waals surface area (Å²) in [6.07, 6.45) is 0. The number of nitrogens with two attached hydrogens (primary N) is 1. The number of rotatable bonds is 1. The molecular weight excluding hydrogens is 180 g/mol. The maximum Gasteiger partial charge on any atom is 0.161 e. The maximum absolute atomic E-state index is 8.65. The van der Waals surface area contributed by atoms with Crippen LogP contribution in [0.1, 0.15) is 11.6 Å². The van der Waals surface area contributed by atoms with Gasteiger partial charge in [0.1, 0.15) is 19.3 Å². The zero-order valence-electron chi connectivity index (χ0n) is 7.56. The zero-order chi connectivity index (χ0) is 9.97. The summed E-state index contributed by atoms with van der Waals surface area (Å²) in [5.41, 5.74) is 6.32. The molecule has 72 valence electrons. The Bertz CT molecular complexity index is 384. The third-order valence-electron chi connectivity index (χ3n) is 2.06. The molecule has 1 atom stereocenters. The Morgan fingerprint density at radius 3 is 2.71 bits per heavy atom. The van der Waals surface area contributed by atoms with E-state index in [1.54, 1.807) is 18.2 Å². The summed E-state index contributed by atoms with van der Waals surface area (Å²) in [6, 6.07) is 6.67. The largest absolute Gasteiger partial charge is 0.486 e. The Kier molecular flexibility index (Phi) is 2.25. The summed E-state index contributed by atoms with van der Waals surface area (Å²) in [5.74, 6) is 1.38. The van der Waals surface area contributed by atoms with E-state index in [1.165, 1.54) is 0 Å². The number of ether oxygens (including phenoxy) is 2. The SMILES string of the molecule is N#C[C@H](N)c1ccc2c(c1)OCCO2. The molecule has 0 saturated carbocycles. The van der Waals surface area contributed by atoms with Crippen molar-refractivity contribution in [2.45, 2.75) is 6.04 Å². The molecule has 1 aromatic carbocycles. The van der Waals surface area contributed by atoms with E-state index in [0.717, 1.165) is 5.56 Å². The molecule has 0 spiro atoms. The van der Waals surface area contributed by atoms with Crippen molar-refractivity contribution in [3.05, 3.63) is 23.8 Å². The summed E-state index contributed by atoms with van der Waals surface area (Å²) in [4.78, 5) is 0. The van der Waals surface area contributed by atoms with Crippen LogP contribution >= 0.6 is 0 Å². The first-order chi connectivity index (χ1) is 6.81. The lowest BCUT2D eigenvalue weighted by molar-refractivity contribution is 0.171. The number of nitrogens with zero attached hydrogens (tertiary/aromatic N) is 1. The summed E-state index contributed by atoms with van der Waals surface area (Å²) in [7, 11) is 0. The van der Waals surface area contributed by atoms with E-state index in [9.17, 15) is 0 Å². The maximum atomic E-state index is 8.65. The highest BCUT2D eigenvalue weighted by Crippen LogP contribution is 2.31. The fourth-order valence-corrected chi connectivity index (χ4v) is 1.33. The van der Waals surface area contributed by atoms with E-state index in [-0.39, 0.29) is 0 Å². The standard InChI is InChI=1S/C10H10N2O2/c11-6-8(12)7-1-2-9-10(5-7)14-4-3-13-9/h1-2,5,8H,3-4,12H2/t8-/m0/s1. The van der Waals surface area contributed by atoms with Gasteiger partial charge in [-0.2, -0.15) is 5.26 Å². The van der Waals surface area contributed by atoms with E-state index in [0.29, 0.717) is 24.7 Å². The van der Waals surface area contributed by atoms with Gasteiger partial charge in [-0.3, -0.25) is 0 Å². The van der Waals surface area contributed by atoms with E-state index >= 15 is 0 Å². The van der Waals surface area contributed by atoms with Crippen LogP contribution in [0.25, 0.3) is 0 Å². The predicted molar refractivity (Wildman–Crippen MR) is 50.0 cm³/mol. The molecule has 14 heavy (non-hydrogen) atoms. The monoisotopic (exact) mass is 190 g/mol. The van der Waals surface area contributed by atoms with Crippen molar-refractivity contribution < 1.29 is 9.47 Å². The molecule has 0 radical (unpaired) electrons. The smallest absolute Gasteiger partial charge is 0.161 e. The Hall–Kier alpha value is -1.73. The quantitative estimate of drug-likeness (QED) is 0.716. The Labute approximate surface area is 81.8 Å². The molecule has 1 aliphatic heterocycles. The summed E-state index contributed by atoms with van der Waals surface area (Å²) in [5, 5.41) is 8.65. The molecule has 0 aromatic heterocycles. The van der Waals surface area contributed by atoms with Gasteiger partial charge in [0, 0.05) is 0 Å². The van der Waals surface area contributed by atoms with Crippen LogP contribution < -0.4 is 15.2 Å². The van der Waals surface area contributed by atoms with Gasteiger partial charge in [-0.15, -0.1) is 0 Å². The highest BCUT2D eigenvalue weighted by Gasteiger charge is 2.13. The molecule has 0 saturated heterocycles. The van der Waals surface area contributed by atoms with Crippen LogP contribution in [0.5, 0.6) is 11.5 Å². The van der Waals surface area contributed by atoms with Crippen molar-refractivity contribution in [3.63, 3.8) is 0 Å². The summed E-state index contributed by atoms with van der Waals surface area (Å²) >= 11 is 0. The van der Waals surface area contributed by atoms with Gasteiger partial charge in [-0.05, 0) is 17.7 Å². The van der Waals surface area contributed by atoms with E-state index in [2.05, 4.69) is 0 Å². The second kappa shape index (κ2) is 3.56. The Morgan fingerprint density at radius 2 is 2.00 bits per heavy atom. The predicted octanol–water partition coefficient (Wildman–Crippen LogP) is 0.981. The minimum absolute atomic E-state index is 0.540. The van der Waals surface area contributed by atoms with Crippen LogP contribution in [0, 0.1) is 11.3 Å². The fourth-order valence-electron chi connectivity index (χ4n) is 1.33. The third-order valence-corrected chi connectivity index (χ3v) is 2.06. The Balaban J connectivity index is 2.34. The minimum atomic E-state index is -0.606. The third kappa shape index (κ3) is 1.50. The Morgan fingerprint density at radius 1 is 1.29 bits per heavy atom. The van der Waals surface area contributed by atoms with Crippen LogP contribution in [-0.2, 0) is 0 Å². The van der Waals surface area contributed by atoms with Gasteiger partial charge in [-0.1, -0.05) is 6.07 Å². The lowest BCUT2D eigenvalue weighted by Crippen LogP contribution is -2.16. The molecule has 2 N–H and O–H groups in total. The van der Waals surface area contributed by atoms with Crippen LogP contribution in [-0.4, -0.2) is 13.2 Å². The van der Waals surface area contributed by atoms with Gasteiger partial charge >= 0.3 is 0 Å². The topological polar surface area (TPSA) is 68.3 Å². The van der Waals surface area contributed by atoms with Gasteiger partial charge in [0.2, 0.25) is 0 Å². The van der Waals surface area contributed by atoms with Gasteiger partial charge in [0.25, 0.3) is 0 Å². The highest BCUT2D eigenvalue weighted by molar-refractivity contribution is 5.45. The average molecular weight is 190 g/mol. The molecule has 0 fully saturated rings. The van der Waals surface area contributed by atoms with Crippen molar-refractivity contribution in [2.24, 2.45) is 5.73 Å². The first kappa shape index (κ1) is 8.85. The summed E-state index contributed by atoms with van der Waals surface area (Å²) < 4.78 is 10.7. The molecular formula is C10H10N2O2. The lowest BCUT2D eigenvalue weighted by Gasteiger charge is -2.19. The molecule has 1 aliphatic rings. The fraction of sp³-hybridized carbons (Fsp3) is 0.300. The molecule has 0 unspecified atom stereocenters. The van der Waals surface area contributed by atoms with Crippen LogP contribution in [0.4, 0.5) is 0 Å². The van der Waals surface area contributed by atoms with Gasteiger partial charge in [-0.25, -0.2) is 0 Å². The van der Waals surface area contributed by atoms with E-state index in [4.69, 9.17) is 20.5 Å². The van der Waals surface area contributed by atoms with E-state index in [1.807, 2.05) is 6.07 Å². The molecule has 0 amide bonds. The van der Waals surface area contributed by atoms with Crippen molar-refractivity contribution in [2.75, 3.05) is 13.2 Å². The molecule has 2 rings (SSSR count). The number of fused-ring (bicyclic) bond motifs is 1. The van der Waals surface area contributed by atoms with E-state index < -0.39 is 6.04 Å². The van der Waals surface area contributed by atoms with Gasteiger partial charge in [0.05, 0.1) is 6.07 Å². The van der Waals surface area contributed by atoms with Crippen LogP contribution in [0.15, 0.2) is 18.2 Å². The molecule has 0 bridgehead atoms. The van der Waals surface area contributed by atoms with Crippen LogP contribution in [0.3, 0.4) is 0 Å². The minimum Gasteiger partial charge on any atom is -0.486 e. The highest BCUT2D eigenvalue weighted by atomic mass is 16.6. The lowest BCUT2D eigenvalue weighted by atomic mass is 10.1. The first-order valence-electron chi connectivity index (χ1n) is 4.36. The zero-order valence-corrected chi connectivity index (χ0v) is 7.56. The van der Waals surface area contributed by atoms with Gasteiger partial charge in [0.15, 0.2) is 11.5 Å². The second-order valence-electron chi connectivity index (χ2n) is 3.01. The molecule has 0 aliphatic carbocycles. The van der Waals surface area contributed by atoms with Crippen molar-refractivity contribution in [3.8, 4) is 17.6 Å². The van der Waals surface area contributed by atoms with Gasteiger partial charge < -0.3 is 15.2 Å². The number of hydrogen-bond acceptors (Lipinski definition) is 4. The molecule has 4 heteroatoms. The average Bonchev–Trinajstić information content (AvgIpc) is 2.27. The van der Waals surface area contributed by atoms with Crippen molar-refractivity contribution in [1.29, 1.82) is 5.26 Å². The molecule has 1 aromatic rings. The number of hydrogen-bond donors (Lipinski definition) is 1. The summed E-state index contributed by atoms with van der Waals surface area (Å²) in [6.45, 7) is 1.11. The van der Waals surface area contributed by atoms with Crippen LogP contribution in [0.2, 0.25) is 0 Å². The number of benzene rings is 1. The van der Waals surface area contributed by atoms with Crippen molar-refractivity contribution in [1.82, 2.24) is 0 Å². The number of nitriles is 1. The van der Waals surface area contributed by atoms with Crippen molar-refractivity contribution >= 4 is 0 Å².